The molecule has 2 aromatic rings. The molecule has 1 aliphatic rings. The lowest BCUT2D eigenvalue weighted by molar-refractivity contribution is -0.0850. The van der Waals surface area contributed by atoms with Crippen molar-refractivity contribution in [2.45, 2.75) is 31.8 Å². The zero-order chi connectivity index (χ0) is 15.0. The van der Waals surface area contributed by atoms with Crippen molar-refractivity contribution < 1.29 is 9.84 Å². The molecule has 5 nitrogen and oxygen atoms in total. The largest absolute Gasteiger partial charge is 0.493 e. The molecular formula is C16H18N2O3. The topological polar surface area (TPSA) is 75.2 Å². The van der Waals surface area contributed by atoms with Gasteiger partial charge in [0, 0.05) is 7.11 Å². The standard InChI is InChI=1S/C16H18N2O3/c1-10-6-3-4-7-11(10)12-13(19)17-15(18-14(12)20)16(21-2)8-5-9-16/h3-4,6-7H,5,8-9H2,1-2H3,(H2,17,18,19,20). The van der Waals surface area contributed by atoms with Crippen molar-refractivity contribution in [3.05, 3.63) is 46.0 Å². The lowest BCUT2D eigenvalue weighted by Crippen LogP contribution is -2.39. The van der Waals surface area contributed by atoms with Gasteiger partial charge in [-0.15, -0.1) is 0 Å². The fraction of sp³-hybridized carbons (Fsp3) is 0.375. The molecule has 5 heteroatoms. The maximum Gasteiger partial charge on any atom is 0.262 e. The van der Waals surface area contributed by atoms with Gasteiger partial charge in [-0.2, -0.15) is 4.98 Å². The minimum atomic E-state index is -0.555. The third kappa shape index (κ3) is 2.14. The van der Waals surface area contributed by atoms with E-state index >= 15 is 0 Å². The van der Waals surface area contributed by atoms with Gasteiger partial charge in [0.05, 0.1) is 0 Å². The molecular weight excluding hydrogens is 268 g/mol. The number of aryl methyl sites for hydroxylation is 1. The molecule has 1 aromatic heterocycles. The molecule has 1 aromatic carbocycles. The smallest absolute Gasteiger partial charge is 0.262 e. The molecule has 0 spiro atoms. The monoisotopic (exact) mass is 286 g/mol. The fourth-order valence-electron chi connectivity index (χ4n) is 2.81. The van der Waals surface area contributed by atoms with Crippen LogP contribution in [0.25, 0.3) is 11.1 Å². The molecule has 1 heterocycles. The predicted octanol–water partition coefficient (Wildman–Crippen LogP) is 2.48. The first kappa shape index (κ1) is 13.8. The SMILES string of the molecule is COC1(c2nc(O)c(-c3ccccc3C)c(=O)[nH]2)CCC1. The molecule has 0 amide bonds. The van der Waals surface area contributed by atoms with Crippen LogP contribution >= 0.6 is 0 Å². The summed E-state index contributed by atoms with van der Waals surface area (Å²) in [7, 11) is 1.60. The Bertz CT molecular complexity index is 727. The van der Waals surface area contributed by atoms with Crippen LogP contribution in [0.1, 0.15) is 30.7 Å². The van der Waals surface area contributed by atoms with Crippen LogP contribution in [-0.2, 0) is 10.3 Å². The number of methoxy groups -OCH3 is 1. The number of aromatic amines is 1. The van der Waals surface area contributed by atoms with Crippen LogP contribution < -0.4 is 5.56 Å². The van der Waals surface area contributed by atoms with E-state index in [0.717, 1.165) is 24.8 Å². The van der Waals surface area contributed by atoms with E-state index in [9.17, 15) is 9.90 Å². The second-order valence-electron chi connectivity index (χ2n) is 5.48. The highest BCUT2D eigenvalue weighted by Crippen LogP contribution is 2.43. The maximum atomic E-state index is 12.4. The molecule has 1 fully saturated rings. The maximum absolute atomic E-state index is 12.4. The highest BCUT2D eigenvalue weighted by molar-refractivity contribution is 5.70. The number of aromatic nitrogens is 2. The van der Waals surface area contributed by atoms with Gasteiger partial charge in [0.1, 0.15) is 17.0 Å². The van der Waals surface area contributed by atoms with Gasteiger partial charge >= 0.3 is 0 Å². The molecule has 0 bridgehead atoms. The van der Waals surface area contributed by atoms with E-state index in [4.69, 9.17) is 4.74 Å². The number of nitrogens with zero attached hydrogens (tertiary/aromatic N) is 1. The number of benzene rings is 1. The zero-order valence-corrected chi connectivity index (χ0v) is 12.1. The van der Waals surface area contributed by atoms with E-state index in [1.807, 2.05) is 25.1 Å². The first-order chi connectivity index (χ1) is 10.1. The minimum Gasteiger partial charge on any atom is -0.493 e. The lowest BCUT2D eigenvalue weighted by Gasteiger charge is -2.39. The Morgan fingerprint density at radius 1 is 1.33 bits per heavy atom. The van der Waals surface area contributed by atoms with Crippen molar-refractivity contribution in [3.63, 3.8) is 0 Å². The van der Waals surface area contributed by atoms with Gasteiger partial charge in [-0.3, -0.25) is 4.79 Å². The van der Waals surface area contributed by atoms with Gasteiger partial charge in [-0.1, -0.05) is 24.3 Å². The summed E-state index contributed by atoms with van der Waals surface area (Å²) in [4.78, 5) is 19.4. The summed E-state index contributed by atoms with van der Waals surface area (Å²) < 4.78 is 5.50. The van der Waals surface area contributed by atoms with E-state index in [-0.39, 0.29) is 17.0 Å². The number of hydrogen-bond donors (Lipinski definition) is 2. The van der Waals surface area contributed by atoms with Crippen LogP contribution in [0, 0.1) is 6.92 Å². The van der Waals surface area contributed by atoms with Crippen LogP contribution in [0.2, 0.25) is 0 Å². The van der Waals surface area contributed by atoms with E-state index < -0.39 is 5.60 Å². The van der Waals surface area contributed by atoms with Crippen LogP contribution in [0.5, 0.6) is 5.88 Å². The quantitative estimate of drug-likeness (QED) is 0.909. The minimum absolute atomic E-state index is 0.211. The number of ether oxygens (including phenoxy) is 1. The molecule has 21 heavy (non-hydrogen) atoms. The Morgan fingerprint density at radius 3 is 2.57 bits per heavy atom. The average molecular weight is 286 g/mol. The Labute approximate surface area is 122 Å². The Balaban J connectivity index is 2.14. The summed E-state index contributed by atoms with van der Waals surface area (Å²) in [6.07, 6.45) is 2.63. The summed E-state index contributed by atoms with van der Waals surface area (Å²) in [6, 6.07) is 7.42. The summed E-state index contributed by atoms with van der Waals surface area (Å²) in [5, 5.41) is 10.2. The Morgan fingerprint density at radius 2 is 2.05 bits per heavy atom. The van der Waals surface area contributed by atoms with Crippen molar-refractivity contribution in [1.29, 1.82) is 0 Å². The molecule has 3 rings (SSSR count). The van der Waals surface area contributed by atoms with Crippen LogP contribution in [0.15, 0.2) is 29.1 Å². The number of nitrogens with one attached hydrogen (secondary N) is 1. The second-order valence-corrected chi connectivity index (χ2v) is 5.48. The summed E-state index contributed by atoms with van der Waals surface area (Å²) in [6.45, 7) is 1.89. The third-order valence-electron chi connectivity index (χ3n) is 4.30. The average Bonchev–Trinajstić information content (AvgIpc) is 2.39. The normalized spacial score (nSPS) is 16.5. The first-order valence-electron chi connectivity index (χ1n) is 7.02. The van der Waals surface area contributed by atoms with Crippen LogP contribution in [0.4, 0.5) is 0 Å². The van der Waals surface area contributed by atoms with Crippen molar-refractivity contribution >= 4 is 0 Å². The summed E-state index contributed by atoms with van der Waals surface area (Å²) >= 11 is 0. The van der Waals surface area contributed by atoms with Crippen LogP contribution in [0.3, 0.4) is 0 Å². The van der Waals surface area contributed by atoms with Crippen molar-refractivity contribution in [1.82, 2.24) is 9.97 Å². The molecule has 0 radical (unpaired) electrons. The number of rotatable bonds is 3. The molecule has 0 aliphatic heterocycles. The molecule has 110 valence electrons. The van der Waals surface area contributed by atoms with Gasteiger partial charge in [0.2, 0.25) is 5.88 Å². The van der Waals surface area contributed by atoms with E-state index in [2.05, 4.69) is 9.97 Å². The van der Waals surface area contributed by atoms with Crippen LogP contribution in [-0.4, -0.2) is 22.2 Å². The predicted molar refractivity (Wildman–Crippen MR) is 79.2 cm³/mol. The van der Waals surface area contributed by atoms with E-state index in [1.165, 1.54) is 0 Å². The highest BCUT2D eigenvalue weighted by atomic mass is 16.5. The number of H-pyrrole nitrogens is 1. The Hall–Kier alpha value is -2.14. The van der Waals surface area contributed by atoms with Gasteiger partial charge in [-0.05, 0) is 37.3 Å². The number of aromatic hydroxyl groups is 1. The highest BCUT2D eigenvalue weighted by Gasteiger charge is 2.42. The second kappa shape index (κ2) is 5.00. The lowest BCUT2D eigenvalue weighted by atomic mass is 9.79. The van der Waals surface area contributed by atoms with Crippen molar-refractivity contribution in [3.8, 4) is 17.0 Å². The summed E-state index contributed by atoms with van der Waals surface area (Å²) in [5.74, 6) is 0.169. The van der Waals surface area contributed by atoms with Crippen molar-refractivity contribution in [2.24, 2.45) is 0 Å². The molecule has 0 saturated heterocycles. The van der Waals surface area contributed by atoms with Gasteiger partial charge in [0.25, 0.3) is 5.56 Å². The third-order valence-corrected chi connectivity index (χ3v) is 4.30. The zero-order valence-electron chi connectivity index (χ0n) is 12.1. The fourth-order valence-corrected chi connectivity index (χ4v) is 2.81. The van der Waals surface area contributed by atoms with E-state index in [0.29, 0.717) is 11.4 Å². The van der Waals surface area contributed by atoms with Gasteiger partial charge < -0.3 is 14.8 Å². The first-order valence-corrected chi connectivity index (χ1v) is 7.02. The number of hydrogen-bond acceptors (Lipinski definition) is 4. The van der Waals surface area contributed by atoms with E-state index in [1.54, 1.807) is 13.2 Å². The molecule has 0 atom stereocenters. The molecule has 1 aliphatic carbocycles. The van der Waals surface area contributed by atoms with Gasteiger partial charge in [0.15, 0.2) is 0 Å². The molecule has 1 saturated carbocycles. The van der Waals surface area contributed by atoms with Gasteiger partial charge in [-0.25, -0.2) is 0 Å². The van der Waals surface area contributed by atoms with Crippen molar-refractivity contribution in [2.75, 3.05) is 7.11 Å². The molecule has 2 N–H and O–H groups in total. The Kier molecular flexibility index (Phi) is 3.29. The molecule has 0 unspecified atom stereocenters. The summed E-state index contributed by atoms with van der Waals surface area (Å²) in [5.41, 5.74) is 0.923.